The molecule has 1 heteroatoms. The largest absolute Gasteiger partial charge is 0.330 e. The van der Waals surface area contributed by atoms with Crippen molar-refractivity contribution >= 4 is 0 Å². The molecule has 0 heterocycles. The summed E-state index contributed by atoms with van der Waals surface area (Å²) >= 11 is 0. The average Bonchev–Trinajstić information content (AvgIpc) is 2.47. The van der Waals surface area contributed by atoms with Crippen LogP contribution in [0.15, 0.2) is 54.6 Å². The molecule has 0 aliphatic rings. The van der Waals surface area contributed by atoms with Crippen molar-refractivity contribution in [2.45, 2.75) is 19.8 Å². The second-order valence-electron chi connectivity index (χ2n) is 4.99. The van der Waals surface area contributed by atoms with Gasteiger partial charge in [0.25, 0.3) is 0 Å². The maximum Gasteiger partial charge on any atom is -0.00458 e. The fourth-order valence-corrected chi connectivity index (χ4v) is 2.14. The molecule has 0 saturated heterocycles. The normalized spacial score (nSPS) is 14.2. The molecular weight excluding hydrogens is 218 g/mol. The van der Waals surface area contributed by atoms with Gasteiger partial charge < -0.3 is 5.73 Å². The Morgan fingerprint density at radius 2 is 1.39 bits per heavy atom. The van der Waals surface area contributed by atoms with Gasteiger partial charge in [-0.1, -0.05) is 68.4 Å². The van der Waals surface area contributed by atoms with Gasteiger partial charge in [-0.15, -0.1) is 0 Å². The third kappa shape index (κ3) is 2.80. The molecule has 18 heavy (non-hydrogen) atoms. The van der Waals surface area contributed by atoms with Gasteiger partial charge in [-0.05, 0) is 35.1 Å². The Bertz CT molecular complexity index is 473. The lowest BCUT2D eigenvalue weighted by atomic mass is 9.88. The zero-order chi connectivity index (χ0) is 13.0. The van der Waals surface area contributed by atoms with Crippen molar-refractivity contribution in [2.24, 2.45) is 11.7 Å². The minimum atomic E-state index is 0.514. The predicted molar refractivity (Wildman–Crippen MR) is 78.5 cm³/mol. The van der Waals surface area contributed by atoms with E-state index in [1.807, 2.05) is 6.07 Å². The summed E-state index contributed by atoms with van der Waals surface area (Å²) < 4.78 is 0. The Hall–Kier alpha value is -1.60. The quantitative estimate of drug-likeness (QED) is 0.855. The molecule has 0 spiro atoms. The van der Waals surface area contributed by atoms with Gasteiger partial charge in [0.2, 0.25) is 0 Å². The molecule has 1 nitrogen and oxygen atoms in total. The SMILES string of the molecule is CC(CN)C(C)c1ccc(-c2ccccc2)cc1. The molecule has 94 valence electrons. The minimum Gasteiger partial charge on any atom is -0.330 e. The zero-order valence-electron chi connectivity index (χ0n) is 11.1. The van der Waals surface area contributed by atoms with E-state index in [0.29, 0.717) is 11.8 Å². The van der Waals surface area contributed by atoms with Crippen LogP contribution in [0.2, 0.25) is 0 Å². The van der Waals surface area contributed by atoms with Crippen LogP contribution in [0.4, 0.5) is 0 Å². The summed E-state index contributed by atoms with van der Waals surface area (Å²) in [5.74, 6) is 1.03. The van der Waals surface area contributed by atoms with Crippen LogP contribution in [-0.2, 0) is 0 Å². The molecule has 2 atom stereocenters. The second kappa shape index (κ2) is 5.83. The minimum absolute atomic E-state index is 0.514. The molecule has 0 fully saturated rings. The highest BCUT2D eigenvalue weighted by atomic mass is 14.5. The number of nitrogens with two attached hydrogens (primary N) is 1. The molecule has 0 aliphatic carbocycles. The summed E-state index contributed by atoms with van der Waals surface area (Å²) in [7, 11) is 0. The number of rotatable bonds is 4. The lowest BCUT2D eigenvalue weighted by molar-refractivity contribution is 0.499. The van der Waals surface area contributed by atoms with Crippen molar-refractivity contribution in [3.05, 3.63) is 60.2 Å². The van der Waals surface area contributed by atoms with E-state index in [4.69, 9.17) is 5.73 Å². The van der Waals surface area contributed by atoms with E-state index in [1.165, 1.54) is 16.7 Å². The van der Waals surface area contributed by atoms with Crippen molar-refractivity contribution in [1.29, 1.82) is 0 Å². The molecule has 0 aromatic heterocycles. The van der Waals surface area contributed by atoms with Crippen LogP contribution in [0, 0.1) is 5.92 Å². The summed E-state index contributed by atoms with van der Waals surface area (Å²) in [6.07, 6.45) is 0. The van der Waals surface area contributed by atoms with Gasteiger partial charge in [0.1, 0.15) is 0 Å². The zero-order valence-corrected chi connectivity index (χ0v) is 11.1. The molecule has 0 amide bonds. The Labute approximate surface area is 110 Å². The summed E-state index contributed by atoms with van der Waals surface area (Å²) in [5, 5.41) is 0. The standard InChI is InChI=1S/C17H21N/c1-13(12-18)14(2)15-8-10-17(11-9-15)16-6-4-3-5-7-16/h3-11,13-14H,12,18H2,1-2H3. The van der Waals surface area contributed by atoms with Gasteiger partial charge in [0.15, 0.2) is 0 Å². The van der Waals surface area contributed by atoms with Crippen molar-refractivity contribution in [3.63, 3.8) is 0 Å². The highest BCUT2D eigenvalue weighted by molar-refractivity contribution is 5.63. The number of benzene rings is 2. The highest BCUT2D eigenvalue weighted by Crippen LogP contribution is 2.26. The maximum absolute atomic E-state index is 5.73. The van der Waals surface area contributed by atoms with Gasteiger partial charge in [0, 0.05) is 0 Å². The van der Waals surface area contributed by atoms with Gasteiger partial charge >= 0.3 is 0 Å². The summed E-state index contributed by atoms with van der Waals surface area (Å²) in [6, 6.07) is 19.3. The lowest BCUT2D eigenvalue weighted by Crippen LogP contribution is -2.16. The second-order valence-corrected chi connectivity index (χ2v) is 4.99. The first kappa shape index (κ1) is 12.8. The fourth-order valence-electron chi connectivity index (χ4n) is 2.14. The maximum atomic E-state index is 5.73. The molecular formula is C17H21N. The number of hydrogen-bond donors (Lipinski definition) is 1. The Kier molecular flexibility index (Phi) is 4.16. The van der Waals surface area contributed by atoms with Crippen LogP contribution in [0.1, 0.15) is 25.3 Å². The first-order valence-electron chi connectivity index (χ1n) is 6.58. The summed E-state index contributed by atoms with van der Waals surface area (Å²) in [5.41, 5.74) is 9.64. The Balaban J connectivity index is 2.20. The molecule has 0 saturated carbocycles. The first-order valence-corrected chi connectivity index (χ1v) is 6.58. The van der Waals surface area contributed by atoms with Crippen LogP contribution in [-0.4, -0.2) is 6.54 Å². The summed E-state index contributed by atoms with van der Waals surface area (Å²) in [4.78, 5) is 0. The van der Waals surface area contributed by atoms with E-state index < -0.39 is 0 Å². The molecule has 0 aliphatic heterocycles. The predicted octanol–water partition coefficient (Wildman–Crippen LogP) is 4.05. The lowest BCUT2D eigenvalue weighted by Gasteiger charge is -2.18. The van der Waals surface area contributed by atoms with Crippen LogP contribution in [0.25, 0.3) is 11.1 Å². The fraction of sp³-hybridized carbons (Fsp3) is 0.294. The van der Waals surface area contributed by atoms with Gasteiger partial charge in [-0.3, -0.25) is 0 Å². The van der Waals surface area contributed by atoms with Crippen LogP contribution < -0.4 is 5.73 Å². The first-order chi connectivity index (χ1) is 8.72. The van der Waals surface area contributed by atoms with E-state index in [1.54, 1.807) is 0 Å². The Morgan fingerprint density at radius 3 is 1.94 bits per heavy atom. The monoisotopic (exact) mass is 239 g/mol. The van der Waals surface area contributed by atoms with Crippen molar-refractivity contribution in [1.82, 2.24) is 0 Å². The van der Waals surface area contributed by atoms with E-state index in [9.17, 15) is 0 Å². The van der Waals surface area contributed by atoms with Crippen molar-refractivity contribution in [2.75, 3.05) is 6.54 Å². The van der Waals surface area contributed by atoms with E-state index >= 15 is 0 Å². The van der Waals surface area contributed by atoms with Gasteiger partial charge in [-0.2, -0.15) is 0 Å². The van der Waals surface area contributed by atoms with E-state index in [0.717, 1.165) is 6.54 Å². The molecule has 2 unspecified atom stereocenters. The molecule has 2 rings (SSSR count). The van der Waals surface area contributed by atoms with E-state index in [-0.39, 0.29) is 0 Å². The van der Waals surface area contributed by atoms with Crippen LogP contribution in [0.3, 0.4) is 0 Å². The van der Waals surface area contributed by atoms with Crippen LogP contribution >= 0.6 is 0 Å². The molecule has 2 N–H and O–H groups in total. The smallest absolute Gasteiger partial charge is 0.00458 e. The molecule has 2 aromatic carbocycles. The number of hydrogen-bond acceptors (Lipinski definition) is 1. The van der Waals surface area contributed by atoms with Crippen molar-refractivity contribution in [3.8, 4) is 11.1 Å². The molecule has 0 bridgehead atoms. The summed E-state index contributed by atoms with van der Waals surface area (Å²) in [6.45, 7) is 5.19. The third-order valence-corrected chi connectivity index (χ3v) is 3.77. The third-order valence-electron chi connectivity index (χ3n) is 3.77. The van der Waals surface area contributed by atoms with E-state index in [2.05, 4.69) is 62.4 Å². The molecule has 0 radical (unpaired) electrons. The van der Waals surface area contributed by atoms with Crippen molar-refractivity contribution < 1.29 is 0 Å². The highest BCUT2D eigenvalue weighted by Gasteiger charge is 2.12. The molecule has 2 aromatic rings. The van der Waals surface area contributed by atoms with Crippen LogP contribution in [0.5, 0.6) is 0 Å². The van der Waals surface area contributed by atoms with Gasteiger partial charge in [0.05, 0.1) is 0 Å². The topological polar surface area (TPSA) is 26.0 Å². The van der Waals surface area contributed by atoms with Gasteiger partial charge in [-0.25, -0.2) is 0 Å². The Morgan fingerprint density at radius 1 is 0.833 bits per heavy atom. The average molecular weight is 239 g/mol.